The van der Waals surface area contributed by atoms with Gasteiger partial charge in [0.1, 0.15) is 6.04 Å². The Hall–Kier alpha value is -3.15. The van der Waals surface area contributed by atoms with Gasteiger partial charge in [-0.3, -0.25) is 14.9 Å². The largest absolute Gasteiger partial charge is 0.465 e. The zero-order valence-electron chi connectivity index (χ0n) is 15.1. The van der Waals surface area contributed by atoms with Gasteiger partial charge < -0.3 is 9.64 Å². The van der Waals surface area contributed by atoms with Gasteiger partial charge in [0.2, 0.25) is 11.9 Å². The van der Waals surface area contributed by atoms with Crippen molar-refractivity contribution < 1.29 is 14.3 Å². The summed E-state index contributed by atoms with van der Waals surface area (Å²) in [5, 5.41) is 2.82. The lowest BCUT2D eigenvalue weighted by molar-refractivity contribution is -0.153. The molecular formula is C21H21N3O3. The Morgan fingerprint density at radius 2 is 1.93 bits per heavy atom. The van der Waals surface area contributed by atoms with Gasteiger partial charge >= 0.3 is 5.97 Å². The molecule has 1 N–H and O–H groups in total. The standard InChI is InChI=1S/C21H21N3O3/c1-2-27-20(26)17-18(15-9-4-3-5-10-15)22-21(23-19(17)25)24-13-12-14-8-6-7-11-16(14)24/h3-11,17-18H,2,12-13H2,1H3,(H,22,23,25)/t17-,18-/m0/s1. The van der Waals surface area contributed by atoms with Crippen molar-refractivity contribution in [3.8, 4) is 0 Å². The van der Waals surface area contributed by atoms with Crippen LogP contribution in [0.25, 0.3) is 0 Å². The van der Waals surface area contributed by atoms with Crippen LogP contribution in [0.15, 0.2) is 59.6 Å². The number of hydrogen-bond donors (Lipinski definition) is 1. The van der Waals surface area contributed by atoms with Crippen molar-refractivity contribution in [2.75, 3.05) is 18.1 Å². The van der Waals surface area contributed by atoms with Crippen LogP contribution in [0.3, 0.4) is 0 Å². The van der Waals surface area contributed by atoms with E-state index in [4.69, 9.17) is 9.73 Å². The molecule has 2 atom stereocenters. The highest BCUT2D eigenvalue weighted by Crippen LogP contribution is 2.33. The van der Waals surface area contributed by atoms with Gasteiger partial charge in [0, 0.05) is 12.2 Å². The number of fused-ring (bicyclic) bond motifs is 1. The second-order valence-corrected chi connectivity index (χ2v) is 6.56. The second kappa shape index (κ2) is 7.23. The molecule has 4 rings (SSSR count). The number of esters is 1. The maximum Gasteiger partial charge on any atom is 0.321 e. The summed E-state index contributed by atoms with van der Waals surface area (Å²) in [7, 11) is 0. The van der Waals surface area contributed by atoms with E-state index in [9.17, 15) is 9.59 Å². The molecule has 0 aliphatic carbocycles. The van der Waals surface area contributed by atoms with Gasteiger partial charge in [-0.15, -0.1) is 0 Å². The number of ether oxygens (including phenoxy) is 1. The first kappa shape index (κ1) is 17.3. The summed E-state index contributed by atoms with van der Waals surface area (Å²) in [6, 6.07) is 16.9. The van der Waals surface area contributed by atoms with Crippen LogP contribution in [0.2, 0.25) is 0 Å². The Morgan fingerprint density at radius 3 is 2.70 bits per heavy atom. The van der Waals surface area contributed by atoms with Gasteiger partial charge in [-0.2, -0.15) is 0 Å². The van der Waals surface area contributed by atoms with Crippen molar-refractivity contribution in [1.29, 1.82) is 0 Å². The molecule has 0 unspecified atom stereocenters. The van der Waals surface area contributed by atoms with Crippen LogP contribution in [0.1, 0.15) is 24.1 Å². The summed E-state index contributed by atoms with van der Waals surface area (Å²) in [4.78, 5) is 32.1. The maximum absolute atomic E-state index is 12.9. The van der Waals surface area contributed by atoms with Crippen molar-refractivity contribution in [2.24, 2.45) is 10.9 Å². The lowest BCUT2D eigenvalue weighted by Crippen LogP contribution is -2.52. The second-order valence-electron chi connectivity index (χ2n) is 6.56. The third-order valence-corrected chi connectivity index (χ3v) is 4.92. The zero-order valence-corrected chi connectivity index (χ0v) is 15.1. The molecule has 0 fully saturated rings. The maximum atomic E-state index is 12.9. The van der Waals surface area contributed by atoms with Gasteiger partial charge in [-0.25, -0.2) is 4.99 Å². The monoisotopic (exact) mass is 363 g/mol. The lowest BCUT2D eigenvalue weighted by Gasteiger charge is -2.32. The van der Waals surface area contributed by atoms with E-state index < -0.39 is 17.9 Å². The summed E-state index contributed by atoms with van der Waals surface area (Å²) in [5.41, 5.74) is 3.08. The first-order valence-corrected chi connectivity index (χ1v) is 9.14. The third-order valence-electron chi connectivity index (χ3n) is 4.92. The van der Waals surface area contributed by atoms with Gasteiger partial charge in [0.25, 0.3) is 0 Å². The number of carbonyl (C=O) groups excluding carboxylic acids is 2. The minimum Gasteiger partial charge on any atom is -0.465 e. The summed E-state index contributed by atoms with van der Waals surface area (Å²) in [6.45, 7) is 2.69. The SMILES string of the molecule is CCOC(=O)[C@@H]1C(=O)NC(N2CCc3ccccc32)=N[C@H]1c1ccccc1. The number of rotatable bonds is 3. The number of hydrogen-bond acceptors (Lipinski definition) is 5. The van der Waals surface area contributed by atoms with Crippen LogP contribution in [-0.2, 0) is 20.7 Å². The number of amides is 1. The molecule has 1 amide bonds. The van der Waals surface area contributed by atoms with E-state index in [1.165, 1.54) is 5.56 Å². The lowest BCUT2D eigenvalue weighted by atomic mass is 9.91. The summed E-state index contributed by atoms with van der Waals surface area (Å²) < 4.78 is 5.14. The minimum atomic E-state index is -0.992. The Morgan fingerprint density at radius 1 is 1.19 bits per heavy atom. The molecule has 0 saturated heterocycles. The fraction of sp³-hybridized carbons (Fsp3) is 0.286. The number of para-hydroxylation sites is 1. The molecule has 138 valence electrons. The molecule has 6 heteroatoms. The topological polar surface area (TPSA) is 71.0 Å². The van der Waals surface area contributed by atoms with Gasteiger partial charge in [0.15, 0.2) is 5.92 Å². The highest BCUT2D eigenvalue weighted by molar-refractivity contribution is 6.13. The van der Waals surface area contributed by atoms with E-state index in [0.717, 1.165) is 24.2 Å². The number of nitrogens with zero attached hydrogens (tertiary/aromatic N) is 2. The molecule has 2 aromatic carbocycles. The molecule has 2 aliphatic rings. The Labute approximate surface area is 157 Å². The molecule has 0 radical (unpaired) electrons. The zero-order chi connectivity index (χ0) is 18.8. The van der Waals surface area contributed by atoms with Crippen LogP contribution in [0.5, 0.6) is 0 Å². The fourth-order valence-electron chi connectivity index (χ4n) is 3.65. The number of benzene rings is 2. The first-order valence-electron chi connectivity index (χ1n) is 9.14. The Kier molecular flexibility index (Phi) is 4.62. The number of anilines is 1. The average molecular weight is 363 g/mol. The van der Waals surface area contributed by atoms with E-state index >= 15 is 0 Å². The molecule has 0 spiro atoms. The molecule has 6 nitrogen and oxygen atoms in total. The van der Waals surface area contributed by atoms with E-state index in [0.29, 0.717) is 5.96 Å². The normalized spacial score (nSPS) is 21.3. The van der Waals surface area contributed by atoms with Crippen molar-refractivity contribution in [1.82, 2.24) is 5.32 Å². The summed E-state index contributed by atoms with van der Waals surface area (Å²) in [6.07, 6.45) is 0.891. The molecular weight excluding hydrogens is 342 g/mol. The van der Waals surface area contributed by atoms with E-state index in [2.05, 4.69) is 11.4 Å². The quantitative estimate of drug-likeness (QED) is 0.672. The van der Waals surface area contributed by atoms with Crippen LogP contribution < -0.4 is 10.2 Å². The van der Waals surface area contributed by atoms with Crippen LogP contribution in [-0.4, -0.2) is 31.0 Å². The molecule has 2 aliphatic heterocycles. The smallest absolute Gasteiger partial charge is 0.321 e. The molecule has 2 aromatic rings. The molecule has 2 heterocycles. The fourth-order valence-corrected chi connectivity index (χ4v) is 3.65. The van der Waals surface area contributed by atoms with E-state index in [1.54, 1.807) is 6.92 Å². The number of nitrogens with one attached hydrogen (secondary N) is 1. The highest BCUT2D eigenvalue weighted by atomic mass is 16.5. The van der Waals surface area contributed by atoms with Gasteiger partial charge in [-0.1, -0.05) is 48.5 Å². The van der Waals surface area contributed by atoms with Gasteiger partial charge in [0.05, 0.1) is 6.61 Å². The molecule has 27 heavy (non-hydrogen) atoms. The van der Waals surface area contributed by atoms with Crippen molar-refractivity contribution in [3.63, 3.8) is 0 Å². The molecule has 0 aromatic heterocycles. The van der Waals surface area contributed by atoms with E-state index in [1.807, 2.05) is 53.4 Å². The summed E-state index contributed by atoms with van der Waals surface area (Å²) >= 11 is 0. The van der Waals surface area contributed by atoms with Gasteiger partial charge in [-0.05, 0) is 30.5 Å². The average Bonchev–Trinajstić information content (AvgIpc) is 3.12. The third kappa shape index (κ3) is 3.18. The Balaban J connectivity index is 1.74. The van der Waals surface area contributed by atoms with Crippen molar-refractivity contribution >= 4 is 23.5 Å². The molecule has 0 saturated carbocycles. The first-order chi connectivity index (χ1) is 13.2. The molecule has 0 bridgehead atoms. The number of guanidine groups is 1. The minimum absolute atomic E-state index is 0.222. The van der Waals surface area contributed by atoms with E-state index in [-0.39, 0.29) is 12.5 Å². The number of carbonyl (C=O) groups is 2. The summed E-state index contributed by atoms with van der Waals surface area (Å²) in [5.74, 6) is -1.43. The van der Waals surface area contributed by atoms with Crippen LogP contribution in [0.4, 0.5) is 5.69 Å². The van der Waals surface area contributed by atoms with Crippen molar-refractivity contribution in [2.45, 2.75) is 19.4 Å². The predicted molar refractivity (Wildman–Crippen MR) is 102 cm³/mol. The Bertz CT molecular complexity index is 895. The van der Waals surface area contributed by atoms with Crippen LogP contribution >= 0.6 is 0 Å². The highest BCUT2D eigenvalue weighted by Gasteiger charge is 2.42. The van der Waals surface area contributed by atoms with Crippen LogP contribution in [0, 0.1) is 5.92 Å². The number of aliphatic imine (C=N–C) groups is 1. The predicted octanol–water partition coefficient (Wildman–Crippen LogP) is 2.46. The van der Waals surface area contributed by atoms with Crippen molar-refractivity contribution in [3.05, 3.63) is 65.7 Å².